The van der Waals surface area contributed by atoms with Crippen LogP contribution in [-0.2, 0) is 0 Å². The summed E-state index contributed by atoms with van der Waals surface area (Å²) in [6.45, 7) is 7.08. The molecule has 0 aromatic carbocycles. The van der Waals surface area contributed by atoms with Crippen molar-refractivity contribution in [3.05, 3.63) is 0 Å². The molecule has 0 bridgehead atoms. The van der Waals surface area contributed by atoms with E-state index in [0.717, 1.165) is 24.4 Å². The van der Waals surface area contributed by atoms with Gasteiger partial charge in [0.05, 0.1) is 0 Å². The van der Waals surface area contributed by atoms with E-state index in [1.165, 1.54) is 45.1 Å². The lowest BCUT2D eigenvalue weighted by molar-refractivity contribution is 0.0806. The first-order chi connectivity index (χ1) is 7.70. The zero-order chi connectivity index (χ0) is 11.5. The Morgan fingerprint density at radius 2 is 2.06 bits per heavy atom. The number of piperidine rings is 1. The highest BCUT2D eigenvalue weighted by atomic mass is 15.2. The maximum Gasteiger partial charge on any atom is 0.0194 e. The Hall–Kier alpha value is -0.0800. The number of hydrogen-bond donors (Lipinski definition) is 1. The minimum Gasteiger partial charge on any atom is -0.326 e. The highest BCUT2D eigenvalue weighted by molar-refractivity contribution is 4.87. The molecule has 0 radical (unpaired) electrons. The lowest BCUT2D eigenvalue weighted by Gasteiger charge is -2.43. The van der Waals surface area contributed by atoms with E-state index in [-0.39, 0.29) is 0 Å². The van der Waals surface area contributed by atoms with Crippen LogP contribution in [0.15, 0.2) is 0 Å². The monoisotopic (exact) mass is 224 g/mol. The molecule has 0 aromatic heterocycles. The molecule has 2 nitrogen and oxygen atoms in total. The molecule has 16 heavy (non-hydrogen) atoms. The van der Waals surface area contributed by atoms with Crippen molar-refractivity contribution in [3.63, 3.8) is 0 Å². The van der Waals surface area contributed by atoms with Gasteiger partial charge in [0.25, 0.3) is 0 Å². The summed E-state index contributed by atoms with van der Waals surface area (Å²) in [5.74, 6) is 1.70. The van der Waals surface area contributed by atoms with Gasteiger partial charge < -0.3 is 5.73 Å². The summed E-state index contributed by atoms with van der Waals surface area (Å²) in [5, 5.41) is 0. The fraction of sp³-hybridized carbons (Fsp3) is 1.00. The van der Waals surface area contributed by atoms with Gasteiger partial charge in [-0.1, -0.05) is 33.1 Å². The summed E-state index contributed by atoms with van der Waals surface area (Å²) in [6.07, 6.45) is 8.41. The minimum atomic E-state index is 0.413. The molecule has 0 spiro atoms. The molecule has 1 saturated heterocycles. The predicted molar refractivity (Wildman–Crippen MR) is 69.4 cm³/mol. The molecule has 2 aliphatic rings. The van der Waals surface area contributed by atoms with Crippen molar-refractivity contribution in [2.24, 2.45) is 17.6 Å². The van der Waals surface area contributed by atoms with E-state index in [4.69, 9.17) is 5.73 Å². The lowest BCUT2D eigenvalue weighted by atomic mass is 9.82. The fourth-order valence-electron chi connectivity index (χ4n) is 3.42. The molecule has 0 aromatic rings. The van der Waals surface area contributed by atoms with Gasteiger partial charge in [-0.05, 0) is 37.6 Å². The number of nitrogens with two attached hydrogens (primary N) is 1. The van der Waals surface area contributed by atoms with E-state index >= 15 is 0 Å². The maximum atomic E-state index is 6.20. The summed E-state index contributed by atoms with van der Waals surface area (Å²) in [6, 6.07) is 1.26. The maximum absolute atomic E-state index is 6.20. The molecule has 94 valence electrons. The number of nitrogens with zero attached hydrogens (tertiary/aromatic N) is 1. The standard InChI is InChI=1S/C14H28N2/c1-3-12-5-4-6-13(9-12)16-8-7-11(2)14(15)10-16/h11-14H,3-10,15H2,1-2H3. The predicted octanol–water partition coefficient (Wildman–Crippen LogP) is 2.62. The van der Waals surface area contributed by atoms with E-state index in [1.54, 1.807) is 0 Å². The third kappa shape index (κ3) is 2.78. The molecular weight excluding hydrogens is 196 g/mol. The van der Waals surface area contributed by atoms with Crippen molar-refractivity contribution in [2.45, 2.75) is 64.5 Å². The van der Waals surface area contributed by atoms with Crippen LogP contribution in [0.1, 0.15) is 52.4 Å². The Morgan fingerprint density at radius 1 is 1.25 bits per heavy atom. The molecule has 2 rings (SSSR count). The van der Waals surface area contributed by atoms with Gasteiger partial charge in [-0.15, -0.1) is 0 Å². The van der Waals surface area contributed by atoms with Crippen LogP contribution in [0, 0.1) is 11.8 Å². The summed E-state index contributed by atoms with van der Waals surface area (Å²) in [5.41, 5.74) is 6.20. The van der Waals surface area contributed by atoms with Crippen LogP contribution in [0.5, 0.6) is 0 Å². The van der Waals surface area contributed by atoms with Gasteiger partial charge >= 0.3 is 0 Å². The Kier molecular flexibility index (Phi) is 4.26. The molecule has 2 fully saturated rings. The molecule has 4 unspecified atom stereocenters. The SMILES string of the molecule is CCC1CCCC(N2CCC(C)C(N)C2)C1. The van der Waals surface area contributed by atoms with Crippen molar-refractivity contribution < 1.29 is 0 Å². The van der Waals surface area contributed by atoms with Gasteiger partial charge in [0.15, 0.2) is 0 Å². The van der Waals surface area contributed by atoms with Gasteiger partial charge in [0.2, 0.25) is 0 Å². The molecule has 4 atom stereocenters. The molecule has 1 heterocycles. The third-order valence-electron chi connectivity index (χ3n) is 4.90. The number of rotatable bonds is 2. The van der Waals surface area contributed by atoms with E-state index < -0.39 is 0 Å². The van der Waals surface area contributed by atoms with E-state index in [9.17, 15) is 0 Å². The van der Waals surface area contributed by atoms with E-state index in [0.29, 0.717) is 6.04 Å². The average Bonchev–Trinajstić information content (AvgIpc) is 2.33. The van der Waals surface area contributed by atoms with Crippen LogP contribution < -0.4 is 5.73 Å². The van der Waals surface area contributed by atoms with Crippen LogP contribution in [0.3, 0.4) is 0 Å². The van der Waals surface area contributed by atoms with Gasteiger partial charge in [-0.25, -0.2) is 0 Å². The van der Waals surface area contributed by atoms with Crippen LogP contribution in [0.25, 0.3) is 0 Å². The second-order valence-corrected chi connectivity index (χ2v) is 6.02. The Morgan fingerprint density at radius 3 is 2.75 bits per heavy atom. The summed E-state index contributed by atoms with van der Waals surface area (Å²) < 4.78 is 0. The van der Waals surface area contributed by atoms with E-state index in [2.05, 4.69) is 18.7 Å². The molecule has 1 aliphatic heterocycles. The average molecular weight is 224 g/mol. The Bertz CT molecular complexity index is 213. The highest BCUT2D eigenvalue weighted by Crippen LogP contribution is 2.31. The number of hydrogen-bond acceptors (Lipinski definition) is 2. The van der Waals surface area contributed by atoms with Crippen molar-refractivity contribution in [2.75, 3.05) is 13.1 Å². The van der Waals surface area contributed by atoms with Crippen LogP contribution >= 0.6 is 0 Å². The second kappa shape index (κ2) is 5.50. The minimum absolute atomic E-state index is 0.413. The van der Waals surface area contributed by atoms with Crippen LogP contribution in [0.2, 0.25) is 0 Å². The first-order valence-electron chi connectivity index (χ1n) is 7.20. The third-order valence-corrected chi connectivity index (χ3v) is 4.90. The highest BCUT2D eigenvalue weighted by Gasteiger charge is 2.30. The zero-order valence-corrected chi connectivity index (χ0v) is 11.0. The van der Waals surface area contributed by atoms with E-state index in [1.807, 2.05) is 0 Å². The molecule has 0 amide bonds. The van der Waals surface area contributed by atoms with Crippen LogP contribution in [-0.4, -0.2) is 30.1 Å². The van der Waals surface area contributed by atoms with Crippen molar-refractivity contribution in [3.8, 4) is 0 Å². The Balaban J connectivity index is 1.87. The summed E-state index contributed by atoms with van der Waals surface area (Å²) >= 11 is 0. The van der Waals surface area contributed by atoms with Gasteiger partial charge in [0.1, 0.15) is 0 Å². The number of likely N-dealkylation sites (tertiary alicyclic amines) is 1. The molecule has 1 aliphatic carbocycles. The summed E-state index contributed by atoms with van der Waals surface area (Å²) in [7, 11) is 0. The summed E-state index contributed by atoms with van der Waals surface area (Å²) in [4.78, 5) is 2.69. The fourth-order valence-corrected chi connectivity index (χ4v) is 3.42. The van der Waals surface area contributed by atoms with Gasteiger partial charge in [-0.3, -0.25) is 4.90 Å². The van der Waals surface area contributed by atoms with Gasteiger partial charge in [0, 0.05) is 18.6 Å². The zero-order valence-electron chi connectivity index (χ0n) is 11.0. The molecular formula is C14H28N2. The second-order valence-electron chi connectivity index (χ2n) is 6.02. The van der Waals surface area contributed by atoms with Gasteiger partial charge in [-0.2, -0.15) is 0 Å². The first kappa shape index (κ1) is 12.4. The first-order valence-corrected chi connectivity index (χ1v) is 7.20. The topological polar surface area (TPSA) is 29.3 Å². The van der Waals surface area contributed by atoms with Crippen molar-refractivity contribution >= 4 is 0 Å². The normalized spacial score (nSPS) is 42.2. The lowest BCUT2D eigenvalue weighted by Crippen LogP contribution is -2.52. The van der Waals surface area contributed by atoms with Crippen molar-refractivity contribution in [1.29, 1.82) is 0 Å². The molecule has 1 saturated carbocycles. The molecule has 2 heteroatoms. The van der Waals surface area contributed by atoms with Crippen molar-refractivity contribution in [1.82, 2.24) is 4.90 Å². The Labute approximate surface area is 101 Å². The smallest absolute Gasteiger partial charge is 0.0194 e. The van der Waals surface area contributed by atoms with Crippen LogP contribution in [0.4, 0.5) is 0 Å². The largest absolute Gasteiger partial charge is 0.326 e. The quantitative estimate of drug-likeness (QED) is 0.781. The molecule has 2 N–H and O–H groups in total.